The van der Waals surface area contributed by atoms with E-state index in [0.29, 0.717) is 0 Å². The van der Waals surface area contributed by atoms with Crippen molar-refractivity contribution in [2.45, 2.75) is 33.1 Å². The predicted octanol–water partition coefficient (Wildman–Crippen LogP) is 4.96. The van der Waals surface area contributed by atoms with Crippen LogP contribution in [0.4, 0.5) is 0 Å². The van der Waals surface area contributed by atoms with Crippen LogP contribution in [-0.2, 0) is 5.41 Å². The Morgan fingerprint density at radius 2 is 1.47 bits per heavy atom. The van der Waals surface area contributed by atoms with Gasteiger partial charge in [-0.1, -0.05) is 69.1 Å². The highest BCUT2D eigenvalue weighted by molar-refractivity contribution is 5.67. The molecule has 0 heteroatoms. The average Bonchev–Trinajstić information content (AvgIpc) is 2.51. The Morgan fingerprint density at radius 3 is 2.06 bits per heavy atom. The molecule has 0 bridgehead atoms. The summed E-state index contributed by atoms with van der Waals surface area (Å²) in [7, 11) is 0. The zero-order valence-corrected chi connectivity index (χ0v) is 10.5. The molecular weight excluding hydrogens is 204 g/mol. The first-order valence-corrected chi connectivity index (χ1v) is 5.50. The Kier molecular flexibility index (Phi) is 1.38. The van der Waals surface area contributed by atoms with Gasteiger partial charge in [0.05, 0.1) is 11.0 Å². The number of rotatable bonds is 1. The molecule has 0 amide bonds. The van der Waals surface area contributed by atoms with Crippen LogP contribution in [-0.4, -0.2) is 0 Å². The summed E-state index contributed by atoms with van der Waals surface area (Å²) >= 11 is 0. The molecule has 0 aliphatic heterocycles. The molecule has 0 radical (unpaired) electrons. The first-order valence-electron chi connectivity index (χ1n) is 9.50. The number of hydrogen-bond acceptors (Lipinski definition) is 0. The lowest BCUT2D eigenvalue weighted by molar-refractivity contribution is 0.590. The van der Waals surface area contributed by atoms with Crippen LogP contribution in [0.15, 0.2) is 48.3 Å². The topological polar surface area (TPSA) is 0 Å². The van der Waals surface area contributed by atoms with Gasteiger partial charge in [-0.3, -0.25) is 0 Å². The van der Waals surface area contributed by atoms with Crippen molar-refractivity contribution in [2.75, 3.05) is 0 Å². The monoisotopic (exact) mass is 232 g/mol. The molecule has 0 atom stereocenters. The molecule has 0 aliphatic carbocycles. The fourth-order valence-electron chi connectivity index (χ4n) is 1.44. The first-order chi connectivity index (χ1) is 11.3. The van der Waals surface area contributed by atoms with Gasteiger partial charge in [0, 0.05) is 0 Å². The van der Waals surface area contributed by atoms with Gasteiger partial charge in [-0.05, 0) is 34.6 Å². The maximum atomic E-state index is 8.34. The van der Waals surface area contributed by atoms with Crippen LogP contribution in [0.5, 0.6) is 0 Å². The molecule has 17 heavy (non-hydrogen) atoms. The highest BCUT2D eigenvalue weighted by Crippen LogP contribution is 2.27. The fraction of sp³-hybridized carbons (Fsp3) is 0.294. The largest absolute Gasteiger partial charge is 0.0629 e. The molecule has 2 aromatic rings. The summed E-state index contributed by atoms with van der Waals surface area (Å²) < 4.78 is 64.9. The molecule has 0 aliphatic rings. The highest BCUT2D eigenvalue weighted by Gasteiger charge is 2.13. The Morgan fingerprint density at radius 1 is 0.882 bits per heavy atom. The van der Waals surface area contributed by atoms with E-state index in [2.05, 4.69) is 0 Å². The van der Waals surface area contributed by atoms with Crippen LogP contribution in [0.2, 0.25) is 0 Å². The molecule has 0 saturated heterocycles. The summed E-state index contributed by atoms with van der Waals surface area (Å²) in [5.41, 5.74) is -0.181. The summed E-state index contributed by atoms with van der Waals surface area (Å²) in [6.45, 7) is 6.90. The van der Waals surface area contributed by atoms with Crippen molar-refractivity contribution >= 4 is 0 Å². The minimum atomic E-state index is -0.594. The van der Waals surface area contributed by atoms with Crippen molar-refractivity contribution in [1.82, 2.24) is 0 Å². The van der Waals surface area contributed by atoms with Gasteiger partial charge in [0.2, 0.25) is 0 Å². The Bertz CT molecular complexity index is 820. The average molecular weight is 232 g/mol. The summed E-state index contributed by atoms with van der Waals surface area (Å²) in [6, 6.07) is -2.39. The van der Waals surface area contributed by atoms with E-state index >= 15 is 0 Å². The van der Waals surface area contributed by atoms with E-state index < -0.39 is 11.5 Å². The van der Waals surface area contributed by atoms with Gasteiger partial charge in [0.15, 0.2) is 0 Å². The molecular formula is C17H20. The van der Waals surface area contributed by atoms with E-state index in [1.165, 1.54) is 6.92 Å². The molecule has 88 valence electrons. The SMILES string of the molecule is [2H]c1c([2H])c([2H])c(-c2c([2H])c([2H])c(C(C)(C)C)c([2H])c2[2H])c(C)c1[2H]. The van der Waals surface area contributed by atoms with E-state index in [-0.39, 0.29) is 64.6 Å². The third-order valence-corrected chi connectivity index (χ3v) is 2.50. The summed E-state index contributed by atoms with van der Waals surface area (Å²) in [5.74, 6) is 0. The molecule has 0 saturated carbocycles. The lowest BCUT2D eigenvalue weighted by Gasteiger charge is -2.19. The molecule has 2 aromatic carbocycles. The van der Waals surface area contributed by atoms with Crippen LogP contribution in [0, 0.1) is 6.92 Å². The van der Waals surface area contributed by atoms with Gasteiger partial charge < -0.3 is 0 Å². The summed E-state index contributed by atoms with van der Waals surface area (Å²) in [6.07, 6.45) is 0. The van der Waals surface area contributed by atoms with Gasteiger partial charge in [-0.15, -0.1) is 0 Å². The minimum absolute atomic E-state index is 0.0171. The Balaban J connectivity index is 3.03. The van der Waals surface area contributed by atoms with Crippen molar-refractivity contribution in [1.29, 1.82) is 0 Å². The Labute approximate surface area is 116 Å². The highest BCUT2D eigenvalue weighted by atomic mass is 14.2. The maximum absolute atomic E-state index is 8.34. The van der Waals surface area contributed by atoms with E-state index in [1.54, 1.807) is 20.8 Å². The van der Waals surface area contributed by atoms with Crippen LogP contribution in [0.1, 0.15) is 42.9 Å². The third-order valence-electron chi connectivity index (χ3n) is 2.50. The molecule has 0 N–H and O–H groups in total. The van der Waals surface area contributed by atoms with Crippen LogP contribution < -0.4 is 0 Å². The second-order valence-electron chi connectivity index (χ2n) is 5.00. The van der Waals surface area contributed by atoms with Crippen molar-refractivity contribution in [2.24, 2.45) is 0 Å². The van der Waals surface area contributed by atoms with Crippen LogP contribution in [0.25, 0.3) is 11.1 Å². The summed E-state index contributed by atoms with van der Waals surface area (Å²) in [4.78, 5) is 0. The molecule has 0 fully saturated rings. The zero-order chi connectivity index (χ0) is 19.4. The summed E-state index contributed by atoms with van der Waals surface area (Å²) in [5, 5.41) is 0. The second-order valence-corrected chi connectivity index (χ2v) is 5.00. The standard InChI is InChI=1S/C17H20/c1-13-7-5-6-8-16(13)14-9-11-15(12-10-14)17(2,3)4/h5-12H,1-4H3/i5D,6D,7D,8D,9D,10D,11D,12D. The van der Waals surface area contributed by atoms with Gasteiger partial charge >= 0.3 is 0 Å². The van der Waals surface area contributed by atoms with E-state index in [4.69, 9.17) is 11.0 Å². The van der Waals surface area contributed by atoms with Crippen molar-refractivity contribution in [3.63, 3.8) is 0 Å². The van der Waals surface area contributed by atoms with Crippen LogP contribution >= 0.6 is 0 Å². The zero-order valence-electron chi connectivity index (χ0n) is 18.5. The molecule has 0 aromatic heterocycles. The number of hydrogen-bond donors (Lipinski definition) is 0. The van der Waals surface area contributed by atoms with Gasteiger partial charge in [-0.25, -0.2) is 0 Å². The van der Waals surface area contributed by atoms with E-state index in [1.807, 2.05) is 0 Å². The fourth-order valence-corrected chi connectivity index (χ4v) is 1.44. The lowest BCUT2D eigenvalue weighted by atomic mass is 9.86. The van der Waals surface area contributed by atoms with Crippen LogP contribution in [0.3, 0.4) is 0 Å². The second kappa shape index (κ2) is 4.37. The third kappa shape index (κ3) is 2.58. The molecule has 2 rings (SSSR count). The Hall–Kier alpha value is -1.56. The molecule has 0 unspecified atom stereocenters. The first kappa shape index (κ1) is 5.39. The lowest BCUT2D eigenvalue weighted by Crippen LogP contribution is -2.10. The van der Waals surface area contributed by atoms with Crippen molar-refractivity contribution in [3.8, 4) is 11.1 Å². The van der Waals surface area contributed by atoms with Crippen molar-refractivity contribution in [3.05, 3.63) is 59.5 Å². The van der Waals surface area contributed by atoms with Crippen molar-refractivity contribution < 1.29 is 11.0 Å². The molecule has 0 heterocycles. The maximum Gasteiger partial charge on any atom is 0.0629 e. The minimum Gasteiger partial charge on any atom is -0.0620 e. The van der Waals surface area contributed by atoms with Gasteiger partial charge in [0.25, 0.3) is 0 Å². The normalized spacial score (nSPS) is 18.1. The van der Waals surface area contributed by atoms with E-state index in [9.17, 15) is 0 Å². The van der Waals surface area contributed by atoms with Gasteiger partial charge in [0.1, 0.15) is 0 Å². The van der Waals surface area contributed by atoms with Gasteiger partial charge in [-0.2, -0.15) is 0 Å². The van der Waals surface area contributed by atoms with E-state index in [0.717, 1.165) is 0 Å². The smallest absolute Gasteiger partial charge is 0.0620 e. The predicted molar refractivity (Wildman–Crippen MR) is 75.3 cm³/mol. The number of benzene rings is 2. The quantitative estimate of drug-likeness (QED) is 0.652. The molecule has 0 nitrogen and oxygen atoms in total. The molecule has 0 spiro atoms.